The summed E-state index contributed by atoms with van der Waals surface area (Å²) in [4.78, 5) is 19.0. The van der Waals surface area contributed by atoms with Crippen molar-refractivity contribution < 1.29 is 13.9 Å². The van der Waals surface area contributed by atoms with Crippen LogP contribution in [0.3, 0.4) is 0 Å². The first-order valence-electron chi connectivity index (χ1n) is 10.7. The Labute approximate surface area is 191 Å². The van der Waals surface area contributed by atoms with Crippen LogP contribution in [-0.2, 0) is 11.2 Å². The van der Waals surface area contributed by atoms with Crippen molar-refractivity contribution in [1.29, 1.82) is 0 Å². The van der Waals surface area contributed by atoms with Gasteiger partial charge in [0.15, 0.2) is 5.69 Å². The lowest BCUT2D eigenvalue weighted by Gasteiger charge is -2.30. The van der Waals surface area contributed by atoms with Gasteiger partial charge in [-0.25, -0.2) is 4.39 Å². The molecule has 0 fully saturated rings. The summed E-state index contributed by atoms with van der Waals surface area (Å²) in [7, 11) is 0. The number of nitrogens with zero attached hydrogens (tertiary/aromatic N) is 4. The predicted molar refractivity (Wildman–Crippen MR) is 123 cm³/mol. The largest absolute Gasteiger partial charge is 0.447 e. The van der Waals surface area contributed by atoms with Gasteiger partial charge < -0.3 is 4.74 Å². The van der Waals surface area contributed by atoms with Crippen molar-refractivity contribution in [3.8, 4) is 17.1 Å². The molecule has 0 saturated carbocycles. The van der Waals surface area contributed by atoms with Gasteiger partial charge in [-0.3, -0.25) is 9.69 Å². The van der Waals surface area contributed by atoms with Crippen LogP contribution in [0.15, 0.2) is 47.6 Å². The van der Waals surface area contributed by atoms with Gasteiger partial charge in [-0.1, -0.05) is 50.2 Å². The molecule has 0 radical (unpaired) electrons. The summed E-state index contributed by atoms with van der Waals surface area (Å²) in [6, 6.07) is 11.8. The molecule has 1 aliphatic heterocycles. The van der Waals surface area contributed by atoms with Crippen molar-refractivity contribution in [2.24, 2.45) is 0 Å². The number of aryl methyl sites for hydroxylation is 1. The molecule has 0 bridgehead atoms. The van der Waals surface area contributed by atoms with Gasteiger partial charge in [0.1, 0.15) is 5.82 Å². The molecule has 0 unspecified atom stereocenters. The summed E-state index contributed by atoms with van der Waals surface area (Å²) in [6.07, 6.45) is 2.14. The molecule has 0 aliphatic carbocycles. The van der Waals surface area contributed by atoms with E-state index in [1.165, 1.54) is 30.8 Å². The van der Waals surface area contributed by atoms with Gasteiger partial charge in [-0.2, -0.15) is 4.98 Å². The maximum Gasteiger partial charge on any atom is 0.247 e. The molecule has 1 aliphatic rings. The SMILES string of the molecule is CCCCSc1nnc2c(n1)O[C@@H](c1ccc(F)cc1)N(C(C)=O)c1ccc(CC)cc1-2. The van der Waals surface area contributed by atoms with Crippen molar-refractivity contribution in [1.82, 2.24) is 15.2 Å². The molecule has 0 spiro atoms. The number of anilines is 1. The van der Waals surface area contributed by atoms with Crippen LogP contribution in [0.25, 0.3) is 11.3 Å². The molecule has 32 heavy (non-hydrogen) atoms. The minimum absolute atomic E-state index is 0.205. The lowest BCUT2D eigenvalue weighted by molar-refractivity contribution is -0.118. The number of amides is 1. The van der Waals surface area contributed by atoms with E-state index in [0.29, 0.717) is 28.0 Å². The molecule has 3 aromatic rings. The number of aromatic nitrogens is 3. The highest BCUT2D eigenvalue weighted by Gasteiger charge is 2.34. The van der Waals surface area contributed by atoms with Gasteiger partial charge in [0.05, 0.1) is 5.69 Å². The number of hydrogen-bond acceptors (Lipinski definition) is 6. The average Bonchev–Trinajstić information content (AvgIpc) is 2.93. The monoisotopic (exact) mass is 452 g/mol. The molecule has 1 atom stereocenters. The Hall–Kier alpha value is -3.00. The zero-order valence-corrected chi connectivity index (χ0v) is 19.2. The topological polar surface area (TPSA) is 68.2 Å². The third-order valence-electron chi connectivity index (χ3n) is 5.30. The highest BCUT2D eigenvalue weighted by Crippen LogP contribution is 2.44. The van der Waals surface area contributed by atoms with E-state index in [4.69, 9.17) is 4.74 Å². The molecule has 0 N–H and O–H groups in total. The Balaban J connectivity index is 1.88. The van der Waals surface area contributed by atoms with E-state index in [9.17, 15) is 9.18 Å². The molecular weight excluding hydrogens is 427 g/mol. The van der Waals surface area contributed by atoms with Crippen LogP contribution >= 0.6 is 11.8 Å². The predicted octanol–water partition coefficient (Wildman–Crippen LogP) is 5.58. The standard InChI is InChI=1S/C24H25FN4O2S/c1-4-6-13-32-24-26-22-21(27-28-24)19-14-16(5-2)7-12-20(19)29(15(3)30)23(31-22)17-8-10-18(25)11-9-17/h7-12,14,23H,4-6,13H2,1-3H3/t23-/m0/s1. The van der Waals surface area contributed by atoms with Gasteiger partial charge in [-0.05, 0) is 42.7 Å². The summed E-state index contributed by atoms with van der Waals surface area (Å²) in [5.74, 6) is 0.632. The molecule has 8 heteroatoms. The third kappa shape index (κ3) is 4.46. The first-order valence-corrected chi connectivity index (χ1v) is 11.7. The number of unbranched alkanes of at least 4 members (excludes halogenated alkanes) is 1. The molecule has 2 heterocycles. The summed E-state index contributed by atoms with van der Waals surface area (Å²) in [6.45, 7) is 5.68. The Morgan fingerprint density at radius 3 is 2.62 bits per heavy atom. The first kappa shape index (κ1) is 22.2. The summed E-state index contributed by atoms with van der Waals surface area (Å²) in [5.41, 5.74) is 3.63. The Bertz CT molecular complexity index is 1120. The van der Waals surface area contributed by atoms with Crippen molar-refractivity contribution in [3.63, 3.8) is 0 Å². The van der Waals surface area contributed by atoms with Crippen molar-refractivity contribution in [3.05, 3.63) is 59.4 Å². The number of hydrogen-bond donors (Lipinski definition) is 0. The lowest BCUT2D eigenvalue weighted by Crippen LogP contribution is -2.36. The quantitative estimate of drug-likeness (QED) is 0.359. The van der Waals surface area contributed by atoms with Gasteiger partial charge >= 0.3 is 0 Å². The maximum absolute atomic E-state index is 13.6. The molecule has 1 amide bonds. The molecular formula is C24H25FN4O2S. The second kappa shape index (κ2) is 9.65. The minimum Gasteiger partial charge on any atom is -0.447 e. The number of carbonyl (C=O) groups excluding carboxylic acids is 1. The Morgan fingerprint density at radius 1 is 1.16 bits per heavy atom. The van der Waals surface area contributed by atoms with Crippen LogP contribution < -0.4 is 9.64 Å². The van der Waals surface area contributed by atoms with Gasteiger partial charge in [0, 0.05) is 23.8 Å². The van der Waals surface area contributed by atoms with Gasteiger partial charge in [0.2, 0.25) is 23.2 Å². The second-order valence-corrected chi connectivity index (χ2v) is 8.63. The third-order valence-corrected chi connectivity index (χ3v) is 6.22. The van der Waals surface area contributed by atoms with Crippen LogP contribution in [0.1, 0.15) is 51.0 Å². The van der Waals surface area contributed by atoms with Crippen molar-refractivity contribution in [2.75, 3.05) is 10.7 Å². The maximum atomic E-state index is 13.6. The lowest BCUT2D eigenvalue weighted by atomic mass is 10.0. The molecule has 6 nitrogen and oxygen atoms in total. The van der Waals surface area contributed by atoms with Gasteiger partial charge in [-0.15, -0.1) is 10.2 Å². The Kier molecular flexibility index (Phi) is 6.69. The second-order valence-electron chi connectivity index (χ2n) is 7.57. The molecule has 1 aromatic heterocycles. The van der Waals surface area contributed by atoms with Crippen LogP contribution in [0.5, 0.6) is 5.88 Å². The number of halogens is 1. The van der Waals surface area contributed by atoms with Gasteiger partial charge in [0.25, 0.3) is 0 Å². The highest BCUT2D eigenvalue weighted by molar-refractivity contribution is 7.99. The molecule has 0 saturated heterocycles. The number of rotatable bonds is 6. The zero-order valence-electron chi connectivity index (χ0n) is 18.3. The number of carbonyl (C=O) groups is 1. The van der Waals surface area contributed by atoms with Crippen molar-refractivity contribution in [2.45, 2.75) is 51.4 Å². The molecule has 4 rings (SSSR count). The first-order chi connectivity index (χ1) is 15.5. The van der Waals surface area contributed by atoms with Crippen LogP contribution in [-0.4, -0.2) is 26.8 Å². The minimum atomic E-state index is -0.814. The fraction of sp³-hybridized carbons (Fsp3) is 0.333. The van der Waals surface area contributed by atoms with E-state index in [-0.39, 0.29) is 11.7 Å². The van der Waals surface area contributed by atoms with E-state index in [0.717, 1.165) is 36.1 Å². The van der Waals surface area contributed by atoms with E-state index in [2.05, 4.69) is 29.0 Å². The summed E-state index contributed by atoms with van der Waals surface area (Å²) < 4.78 is 19.9. The van der Waals surface area contributed by atoms with Crippen molar-refractivity contribution >= 4 is 23.4 Å². The number of ether oxygens (including phenoxy) is 1. The molecule has 166 valence electrons. The molecule has 2 aromatic carbocycles. The van der Waals surface area contributed by atoms with Crippen LogP contribution in [0, 0.1) is 5.82 Å². The van der Waals surface area contributed by atoms with Crippen LogP contribution in [0.2, 0.25) is 0 Å². The number of thioether (sulfide) groups is 1. The van der Waals surface area contributed by atoms with Crippen LogP contribution in [0.4, 0.5) is 10.1 Å². The highest BCUT2D eigenvalue weighted by atomic mass is 32.2. The Morgan fingerprint density at radius 2 is 1.94 bits per heavy atom. The summed E-state index contributed by atoms with van der Waals surface area (Å²) >= 11 is 1.52. The van der Waals surface area contributed by atoms with E-state index < -0.39 is 6.23 Å². The fourth-order valence-corrected chi connectivity index (χ4v) is 4.45. The zero-order chi connectivity index (χ0) is 22.7. The average molecular weight is 453 g/mol. The van der Waals surface area contributed by atoms with E-state index in [1.54, 1.807) is 17.0 Å². The number of benzene rings is 2. The summed E-state index contributed by atoms with van der Waals surface area (Å²) in [5, 5.41) is 9.29. The normalized spacial score (nSPS) is 14.9. The van der Waals surface area contributed by atoms with E-state index in [1.807, 2.05) is 18.2 Å². The fourth-order valence-electron chi connectivity index (χ4n) is 3.58. The van der Waals surface area contributed by atoms with E-state index >= 15 is 0 Å². The number of fused-ring (bicyclic) bond motifs is 3. The smallest absolute Gasteiger partial charge is 0.247 e.